The number of para-hydroxylation sites is 1. The van der Waals surface area contributed by atoms with E-state index in [0.29, 0.717) is 5.58 Å². The van der Waals surface area contributed by atoms with Gasteiger partial charge in [-0.2, -0.15) is 0 Å². The van der Waals surface area contributed by atoms with E-state index in [4.69, 9.17) is 9.15 Å². The molecule has 0 unspecified atom stereocenters. The number of fused-ring (bicyclic) bond motifs is 1. The normalized spacial score (nSPS) is 11.1. The summed E-state index contributed by atoms with van der Waals surface area (Å²) in [6, 6.07) is 16.7. The molecule has 0 atom stereocenters. The van der Waals surface area contributed by atoms with Crippen LogP contribution in [0.5, 0.6) is 5.75 Å². The lowest BCUT2D eigenvalue weighted by Crippen LogP contribution is -1.95. The minimum atomic E-state index is -0.340. The fourth-order valence-electron chi connectivity index (χ4n) is 2.15. The minimum Gasteiger partial charge on any atom is -0.497 e. The average Bonchev–Trinajstić information content (AvgIpc) is 2.53. The third kappa shape index (κ3) is 2.87. The third-order valence-electron chi connectivity index (χ3n) is 3.25. The molecule has 0 radical (unpaired) electrons. The zero-order chi connectivity index (χ0) is 14.7. The Balaban J connectivity index is 1.98. The van der Waals surface area contributed by atoms with Crippen LogP contribution in [0.4, 0.5) is 0 Å². The summed E-state index contributed by atoms with van der Waals surface area (Å²) in [7, 11) is 1.64. The number of hydrogen-bond donors (Lipinski definition) is 0. The average molecular weight is 278 g/mol. The molecule has 0 bridgehead atoms. The van der Waals surface area contributed by atoms with Gasteiger partial charge >= 0.3 is 5.63 Å². The molecule has 0 saturated heterocycles. The lowest BCUT2D eigenvalue weighted by Gasteiger charge is -2.01. The van der Waals surface area contributed by atoms with Crippen molar-refractivity contribution >= 4 is 23.1 Å². The molecule has 0 saturated carbocycles. The van der Waals surface area contributed by atoms with Crippen molar-refractivity contribution in [3.63, 3.8) is 0 Å². The van der Waals surface area contributed by atoms with E-state index in [2.05, 4.69) is 0 Å². The summed E-state index contributed by atoms with van der Waals surface area (Å²) in [5.41, 5.74) is 2.19. The van der Waals surface area contributed by atoms with E-state index in [1.807, 2.05) is 54.6 Å². The van der Waals surface area contributed by atoms with Crippen LogP contribution in [0.25, 0.3) is 23.1 Å². The second-order valence-electron chi connectivity index (χ2n) is 4.63. The molecule has 3 heteroatoms. The first kappa shape index (κ1) is 13.2. The van der Waals surface area contributed by atoms with Crippen LogP contribution in [-0.4, -0.2) is 7.11 Å². The molecule has 0 aliphatic carbocycles. The van der Waals surface area contributed by atoms with E-state index < -0.39 is 0 Å². The van der Waals surface area contributed by atoms with Crippen molar-refractivity contribution in [2.24, 2.45) is 0 Å². The van der Waals surface area contributed by atoms with Crippen molar-refractivity contribution in [1.29, 1.82) is 0 Å². The van der Waals surface area contributed by atoms with Gasteiger partial charge in [0.15, 0.2) is 0 Å². The predicted octanol–water partition coefficient (Wildman–Crippen LogP) is 3.97. The van der Waals surface area contributed by atoms with E-state index in [-0.39, 0.29) is 5.63 Å². The zero-order valence-corrected chi connectivity index (χ0v) is 11.6. The molecule has 0 aliphatic heterocycles. The largest absolute Gasteiger partial charge is 0.497 e. The fraction of sp³-hybridized carbons (Fsp3) is 0.0556. The number of methoxy groups -OCH3 is 1. The lowest BCUT2D eigenvalue weighted by molar-refractivity contribution is 0.415. The highest BCUT2D eigenvalue weighted by Crippen LogP contribution is 2.20. The van der Waals surface area contributed by atoms with Gasteiger partial charge in [-0.1, -0.05) is 42.5 Å². The molecule has 0 fully saturated rings. The number of ether oxygens (including phenoxy) is 1. The van der Waals surface area contributed by atoms with Gasteiger partial charge in [0.25, 0.3) is 0 Å². The SMILES string of the molecule is COc1ccc(/C=C/c2cccc3ccc(=O)oc23)cc1. The van der Waals surface area contributed by atoms with Crippen molar-refractivity contribution in [2.45, 2.75) is 0 Å². The second kappa shape index (κ2) is 5.67. The Hall–Kier alpha value is -2.81. The van der Waals surface area contributed by atoms with Gasteiger partial charge in [-0.15, -0.1) is 0 Å². The van der Waals surface area contributed by atoms with E-state index in [1.165, 1.54) is 6.07 Å². The fourth-order valence-corrected chi connectivity index (χ4v) is 2.15. The topological polar surface area (TPSA) is 39.4 Å². The van der Waals surface area contributed by atoms with Crippen molar-refractivity contribution in [3.05, 3.63) is 76.1 Å². The van der Waals surface area contributed by atoms with E-state index in [9.17, 15) is 4.79 Å². The van der Waals surface area contributed by atoms with Crippen LogP contribution in [0, 0.1) is 0 Å². The summed E-state index contributed by atoms with van der Waals surface area (Å²) in [5, 5.41) is 0.909. The number of benzene rings is 2. The summed E-state index contributed by atoms with van der Waals surface area (Å²) in [6.07, 6.45) is 3.91. The van der Waals surface area contributed by atoms with Crippen LogP contribution in [0.1, 0.15) is 11.1 Å². The molecule has 1 aromatic heterocycles. The quantitative estimate of drug-likeness (QED) is 0.537. The van der Waals surface area contributed by atoms with Gasteiger partial charge in [-0.05, 0) is 23.8 Å². The summed E-state index contributed by atoms with van der Waals surface area (Å²) in [4.78, 5) is 11.4. The molecule has 21 heavy (non-hydrogen) atoms. The first-order valence-corrected chi connectivity index (χ1v) is 6.61. The molecule has 0 spiro atoms. The number of rotatable bonds is 3. The van der Waals surface area contributed by atoms with Crippen molar-refractivity contribution < 1.29 is 9.15 Å². The summed E-state index contributed by atoms with van der Waals surface area (Å²) >= 11 is 0. The third-order valence-corrected chi connectivity index (χ3v) is 3.25. The van der Waals surface area contributed by atoms with E-state index in [0.717, 1.165) is 22.3 Å². The Morgan fingerprint density at radius 2 is 1.76 bits per heavy atom. The van der Waals surface area contributed by atoms with Crippen LogP contribution in [0.3, 0.4) is 0 Å². The van der Waals surface area contributed by atoms with Gasteiger partial charge in [0.1, 0.15) is 11.3 Å². The molecule has 2 aromatic carbocycles. The maximum absolute atomic E-state index is 11.4. The second-order valence-corrected chi connectivity index (χ2v) is 4.63. The molecular formula is C18H14O3. The molecule has 3 rings (SSSR count). The lowest BCUT2D eigenvalue weighted by atomic mass is 10.1. The van der Waals surface area contributed by atoms with Crippen LogP contribution in [0.15, 0.2) is 63.8 Å². The molecular weight excluding hydrogens is 264 g/mol. The molecule has 3 aromatic rings. The van der Waals surface area contributed by atoms with Crippen LogP contribution in [-0.2, 0) is 0 Å². The molecule has 0 N–H and O–H groups in total. The Bertz CT molecular complexity index is 842. The molecule has 104 valence electrons. The predicted molar refractivity (Wildman–Crippen MR) is 84.4 cm³/mol. The van der Waals surface area contributed by atoms with Gasteiger partial charge < -0.3 is 9.15 Å². The van der Waals surface area contributed by atoms with Crippen LogP contribution >= 0.6 is 0 Å². The first-order chi connectivity index (χ1) is 10.3. The van der Waals surface area contributed by atoms with E-state index in [1.54, 1.807) is 13.2 Å². The van der Waals surface area contributed by atoms with Gasteiger partial charge in [0, 0.05) is 17.0 Å². The van der Waals surface area contributed by atoms with Gasteiger partial charge in [0.2, 0.25) is 0 Å². The van der Waals surface area contributed by atoms with Crippen molar-refractivity contribution in [3.8, 4) is 5.75 Å². The van der Waals surface area contributed by atoms with Crippen molar-refractivity contribution in [2.75, 3.05) is 7.11 Å². The molecule has 1 heterocycles. The summed E-state index contributed by atoms with van der Waals surface area (Å²) in [6.45, 7) is 0. The highest BCUT2D eigenvalue weighted by atomic mass is 16.5. The van der Waals surface area contributed by atoms with Crippen LogP contribution < -0.4 is 10.4 Å². The van der Waals surface area contributed by atoms with Gasteiger partial charge in [0.05, 0.1) is 7.11 Å². The van der Waals surface area contributed by atoms with Gasteiger partial charge in [-0.25, -0.2) is 4.79 Å². The Labute approximate surface area is 122 Å². The first-order valence-electron chi connectivity index (χ1n) is 6.61. The van der Waals surface area contributed by atoms with Gasteiger partial charge in [-0.3, -0.25) is 0 Å². The Morgan fingerprint density at radius 1 is 0.952 bits per heavy atom. The molecule has 0 aliphatic rings. The number of hydrogen-bond acceptors (Lipinski definition) is 3. The Morgan fingerprint density at radius 3 is 2.52 bits per heavy atom. The standard InChI is InChI=1S/C18H14O3/c1-20-16-10-6-13(7-11-16)5-8-14-3-2-4-15-9-12-17(19)21-18(14)15/h2-12H,1H3/b8-5+. The highest BCUT2D eigenvalue weighted by Gasteiger charge is 2.01. The minimum absolute atomic E-state index is 0.340. The summed E-state index contributed by atoms with van der Waals surface area (Å²) in [5.74, 6) is 0.823. The van der Waals surface area contributed by atoms with E-state index >= 15 is 0 Å². The monoisotopic (exact) mass is 278 g/mol. The summed E-state index contributed by atoms with van der Waals surface area (Å²) < 4.78 is 10.4. The van der Waals surface area contributed by atoms with Crippen molar-refractivity contribution in [1.82, 2.24) is 0 Å². The molecule has 3 nitrogen and oxygen atoms in total. The maximum Gasteiger partial charge on any atom is 0.336 e. The Kier molecular flexibility index (Phi) is 3.56. The smallest absolute Gasteiger partial charge is 0.336 e. The zero-order valence-electron chi connectivity index (χ0n) is 11.6. The molecule has 0 amide bonds. The van der Waals surface area contributed by atoms with Crippen LogP contribution in [0.2, 0.25) is 0 Å². The maximum atomic E-state index is 11.4. The highest BCUT2D eigenvalue weighted by molar-refractivity contribution is 5.88.